The number of hydrogen-bond donors (Lipinski definition) is 0. The van der Waals surface area contributed by atoms with E-state index in [9.17, 15) is 13.6 Å². The molecule has 4 nitrogen and oxygen atoms in total. The summed E-state index contributed by atoms with van der Waals surface area (Å²) in [6.45, 7) is 0. The Bertz CT molecular complexity index is 471. The van der Waals surface area contributed by atoms with Gasteiger partial charge in [0.15, 0.2) is 5.69 Å². The highest BCUT2D eigenvalue weighted by Crippen LogP contribution is 2.34. The van der Waals surface area contributed by atoms with E-state index in [1.807, 2.05) is 0 Å². The number of carbonyl (C=O) groups excluding carboxylic acids is 1. The smallest absolute Gasteiger partial charge is 0.270 e. The molecule has 0 aromatic carbocycles. The maximum Gasteiger partial charge on any atom is 0.270 e. The Balaban J connectivity index is 3.57. The van der Waals surface area contributed by atoms with Gasteiger partial charge in [0, 0.05) is 6.20 Å². The molecule has 0 saturated carbocycles. The molecule has 0 unspecified atom stereocenters. The van der Waals surface area contributed by atoms with Crippen molar-refractivity contribution in [3.05, 3.63) is 23.0 Å². The van der Waals surface area contributed by atoms with Crippen LogP contribution in [0.25, 0.3) is 0 Å². The SMILES string of the molecule is COc1c(C(=O)Cl)cnc(C#N)c1C(F)F. The molecule has 0 spiro atoms. The molecule has 0 amide bonds. The van der Waals surface area contributed by atoms with Gasteiger partial charge in [-0.2, -0.15) is 5.26 Å². The van der Waals surface area contributed by atoms with E-state index in [1.165, 1.54) is 6.07 Å². The number of hydrogen-bond acceptors (Lipinski definition) is 4. The highest BCUT2D eigenvalue weighted by molar-refractivity contribution is 6.68. The Morgan fingerprint density at radius 2 is 2.31 bits per heavy atom. The molecule has 84 valence electrons. The normalized spacial score (nSPS) is 10.0. The van der Waals surface area contributed by atoms with E-state index in [4.69, 9.17) is 16.9 Å². The molecule has 0 saturated heterocycles. The van der Waals surface area contributed by atoms with Crippen LogP contribution in [0.15, 0.2) is 6.20 Å². The van der Waals surface area contributed by atoms with Crippen LogP contribution >= 0.6 is 11.6 Å². The number of ether oxygens (including phenoxy) is 1. The second kappa shape index (κ2) is 4.86. The van der Waals surface area contributed by atoms with Crippen LogP contribution in [0, 0.1) is 11.3 Å². The number of pyridine rings is 1. The Hall–Kier alpha value is -1.74. The van der Waals surface area contributed by atoms with Gasteiger partial charge in [0.05, 0.1) is 18.2 Å². The summed E-state index contributed by atoms with van der Waals surface area (Å²) in [5, 5.41) is 7.62. The Kier molecular flexibility index (Phi) is 3.74. The predicted molar refractivity (Wildman–Crippen MR) is 50.6 cm³/mol. The summed E-state index contributed by atoms with van der Waals surface area (Å²) in [5.74, 6) is -0.415. The maximum atomic E-state index is 12.7. The molecule has 1 aromatic rings. The second-order valence-corrected chi connectivity index (χ2v) is 3.00. The molecule has 16 heavy (non-hydrogen) atoms. The Morgan fingerprint density at radius 1 is 1.69 bits per heavy atom. The molecular formula is C9H5ClF2N2O2. The van der Waals surface area contributed by atoms with Crippen LogP contribution in [-0.2, 0) is 0 Å². The molecule has 0 aliphatic heterocycles. The van der Waals surface area contributed by atoms with E-state index in [-0.39, 0.29) is 5.56 Å². The lowest BCUT2D eigenvalue weighted by Crippen LogP contribution is -2.05. The summed E-state index contributed by atoms with van der Waals surface area (Å²) >= 11 is 5.17. The van der Waals surface area contributed by atoms with Gasteiger partial charge in [-0.1, -0.05) is 0 Å². The van der Waals surface area contributed by atoms with Crippen molar-refractivity contribution in [2.45, 2.75) is 6.43 Å². The van der Waals surface area contributed by atoms with Gasteiger partial charge in [0.2, 0.25) is 0 Å². The fraction of sp³-hybridized carbons (Fsp3) is 0.222. The van der Waals surface area contributed by atoms with E-state index in [0.29, 0.717) is 0 Å². The Labute approximate surface area is 94.4 Å². The molecule has 0 bridgehead atoms. The number of carbonyl (C=O) groups is 1. The van der Waals surface area contributed by atoms with E-state index in [0.717, 1.165) is 13.3 Å². The number of rotatable bonds is 3. The first-order chi connectivity index (χ1) is 7.52. The number of nitrogens with zero attached hydrogens (tertiary/aromatic N) is 2. The molecule has 0 aliphatic rings. The zero-order valence-corrected chi connectivity index (χ0v) is 8.76. The summed E-state index contributed by atoms with van der Waals surface area (Å²) in [6, 6.07) is 1.49. The first-order valence-corrected chi connectivity index (χ1v) is 4.35. The van der Waals surface area contributed by atoms with Crippen LogP contribution in [0.3, 0.4) is 0 Å². The van der Waals surface area contributed by atoms with Gasteiger partial charge in [-0.25, -0.2) is 13.8 Å². The summed E-state index contributed by atoms with van der Waals surface area (Å²) in [6.07, 6.45) is -2.05. The third-order valence-corrected chi connectivity index (χ3v) is 2.01. The van der Waals surface area contributed by atoms with Gasteiger partial charge in [-0.3, -0.25) is 4.79 Å². The van der Waals surface area contributed by atoms with Crippen LogP contribution < -0.4 is 4.74 Å². The topological polar surface area (TPSA) is 63.0 Å². The predicted octanol–water partition coefficient (Wildman–Crippen LogP) is 2.28. The molecule has 0 radical (unpaired) electrons. The van der Waals surface area contributed by atoms with Gasteiger partial charge in [0.25, 0.3) is 11.7 Å². The van der Waals surface area contributed by atoms with Crippen LogP contribution in [0.2, 0.25) is 0 Å². The summed E-state index contributed by atoms with van der Waals surface area (Å²) in [7, 11) is 1.10. The first-order valence-electron chi connectivity index (χ1n) is 3.97. The third-order valence-electron chi connectivity index (χ3n) is 1.81. The molecule has 1 aromatic heterocycles. The number of halogens is 3. The number of alkyl halides is 2. The lowest BCUT2D eigenvalue weighted by molar-refractivity contribution is 0.107. The van der Waals surface area contributed by atoms with Crippen molar-refractivity contribution in [2.75, 3.05) is 7.11 Å². The van der Waals surface area contributed by atoms with Gasteiger partial charge < -0.3 is 4.74 Å². The van der Waals surface area contributed by atoms with Crippen molar-refractivity contribution < 1.29 is 18.3 Å². The molecule has 1 rings (SSSR count). The number of aromatic nitrogens is 1. The van der Waals surface area contributed by atoms with Gasteiger partial charge in [-0.15, -0.1) is 0 Å². The zero-order chi connectivity index (χ0) is 12.3. The van der Waals surface area contributed by atoms with Crippen molar-refractivity contribution in [3.8, 4) is 11.8 Å². The van der Waals surface area contributed by atoms with Crippen molar-refractivity contribution in [1.29, 1.82) is 5.26 Å². The highest BCUT2D eigenvalue weighted by atomic mass is 35.5. The standard InChI is InChI=1S/C9H5ClF2N2O2/c1-16-7-4(8(10)15)3-14-5(2-13)6(7)9(11)12/h3,9H,1H3. The molecule has 0 atom stereocenters. The molecular weight excluding hydrogens is 242 g/mol. The van der Waals surface area contributed by atoms with Crippen LogP contribution in [0.4, 0.5) is 8.78 Å². The largest absolute Gasteiger partial charge is 0.495 e. The minimum absolute atomic E-state index is 0.293. The lowest BCUT2D eigenvalue weighted by Gasteiger charge is -2.11. The van der Waals surface area contributed by atoms with E-state index in [2.05, 4.69) is 9.72 Å². The lowest BCUT2D eigenvalue weighted by atomic mass is 10.1. The molecule has 1 heterocycles. The van der Waals surface area contributed by atoms with E-state index < -0.39 is 28.7 Å². The summed E-state index contributed by atoms with van der Waals surface area (Å²) in [4.78, 5) is 14.3. The monoisotopic (exact) mass is 246 g/mol. The Morgan fingerprint density at radius 3 is 2.69 bits per heavy atom. The minimum atomic E-state index is -2.98. The van der Waals surface area contributed by atoms with Crippen LogP contribution in [-0.4, -0.2) is 17.3 Å². The minimum Gasteiger partial charge on any atom is -0.495 e. The molecule has 0 fully saturated rings. The van der Waals surface area contributed by atoms with Gasteiger partial charge in [-0.05, 0) is 11.6 Å². The molecule has 0 aliphatic carbocycles. The fourth-order valence-electron chi connectivity index (χ4n) is 1.16. The number of nitriles is 1. The van der Waals surface area contributed by atoms with Crippen molar-refractivity contribution >= 4 is 16.8 Å². The first kappa shape index (κ1) is 12.3. The average molecular weight is 247 g/mol. The second-order valence-electron chi connectivity index (χ2n) is 2.65. The number of methoxy groups -OCH3 is 1. The highest BCUT2D eigenvalue weighted by Gasteiger charge is 2.25. The van der Waals surface area contributed by atoms with Crippen LogP contribution in [0.5, 0.6) is 5.75 Å². The quantitative estimate of drug-likeness (QED) is 0.768. The molecule has 7 heteroatoms. The van der Waals surface area contributed by atoms with Crippen molar-refractivity contribution in [3.63, 3.8) is 0 Å². The maximum absolute atomic E-state index is 12.7. The average Bonchev–Trinajstić information content (AvgIpc) is 2.26. The van der Waals surface area contributed by atoms with E-state index in [1.54, 1.807) is 0 Å². The van der Waals surface area contributed by atoms with Crippen LogP contribution in [0.1, 0.15) is 28.0 Å². The summed E-state index contributed by atoms with van der Waals surface area (Å²) in [5.41, 5.74) is -1.51. The third kappa shape index (κ3) is 2.09. The van der Waals surface area contributed by atoms with E-state index >= 15 is 0 Å². The van der Waals surface area contributed by atoms with Gasteiger partial charge in [0.1, 0.15) is 11.8 Å². The van der Waals surface area contributed by atoms with Crippen molar-refractivity contribution in [2.24, 2.45) is 0 Å². The molecule has 0 N–H and O–H groups in total. The fourth-order valence-corrected chi connectivity index (χ4v) is 1.30. The zero-order valence-electron chi connectivity index (χ0n) is 8.00. The summed E-state index contributed by atoms with van der Waals surface area (Å²) < 4.78 is 30.0. The van der Waals surface area contributed by atoms with Gasteiger partial charge >= 0.3 is 0 Å². The van der Waals surface area contributed by atoms with Crippen molar-refractivity contribution in [1.82, 2.24) is 4.98 Å².